The molecule has 1 N–H and O–H groups in total. The molecule has 2 unspecified atom stereocenters. The van der Waals surface area contributed by atoms with Crippen LogP contribution in [0.4, 0.5) is 0 Å². The van der Waals surface area contributed by atoms with Crippen LogP contribution in [0.5, 0.6) is 0 Å². The minimum Gasteiger partial charge on any atom is -0.376 e. The van der Waals surface area contributed by atoms with Gasteiger partial charge >= 0.3 is 0 Å². The van der Waals surface area contributed by atoms with Gasteiger partial charge in [-0.05, 0) is 44.7 Å². The molecule has 0 aromatic carbocycles. The Morgan fingerprint density at radius 3 is 2.94 bits per heavy atom. The summed E-state index contributed by atoms with van der Waals surface area (Å²) in [6.45, 7) is 3.69. The van der Waals surface area contributed by atoms with Crippen LogP contribution in [0.3, 0.4) is 0 Å². The quantitative estimate of drug-likeness (QED) is 0.797. The van der Waals surface area contributed by atoms with Crippen molar-refractivity contribution in [1.29, 1.82) is 0 Å². The number of carbonyl (C=O) groups is 1. The van der Waals surface area contributed by atoms with E-state index in [1.54, 1.807) is 0 Å². The SMILES string of the molecule is CN(CC1CCCCO1)C(=O)CC1CCNC1. The zero-order valence-electron chi connectivity index (χ0n) is 10.8. The molecule has 2 atom stereocenters. The molecule has 4 nitrogen and oxygen atoms in total. The van der Waals surface area contributed by atoms with Gasteiger partial charge in [-0.25, -0.2) is 0 Å². The minimum absolute atomic E-state index is 0.263. The first-order valence-electron chi connectivity index (χ1n) is 6.82. The van der Waals surface area contributed by atoms with Gasteiger partial charge in [-0.15, -0.1) is 0 Å². The highest BCUT2D eigenvalue weighted by molar-refractivity contribution is 5.76. The van der Waals surface area contributed by atoms with Gasteiger partial charge in [-0.1, -0.05) is 0 Å². The second-order valence-electron chi connectivity index (χ2n) is 5.33. The third kappa shape index (κ3) is 3.96. The molecule has 0 saturated carbocycles. The Hall–Kier alpha value is -0.610. The van der Waals surface area contributed by atoms with Crippen molar-refractivity contribution in [2.75, 3.05) is 33.3 Å². The fourth-order valence-electron chi connectivity index (χ4n) is 2.65. The molecule has 0 radical (unpaired) electrons. The Kier molecular flexibility index (Phi) is 4.80. The van der Waals surface area contributed by atoms with E-state index in [-0.39, 0.29) is 12.0 Å². The summed E-state index contributed by atoms with van der Waals surface area (Å²) in [7, 11) is 1.91. The molecule has 1 amide bonds. The lowest BCUT2D eigenvalue weighted by Gasteiger charge is -2.28. The van der Waals surface area contributed by atoms with Gasteiger partial charge in [0.25, 0.3) is 0 Å². The van der Waals surface area contributed by atoms with Gasteiger partial charge in [-0.2, -0.15) is 0 Å². The molecule has 0 aliphatic carbocycles. The maximum atomic E-state index is 12.0. The second-order valence-corrected chi connectivity index (χ2v) is 5.33. The van der Waals surface area contributed by atoms with Crippen LogP contribution in [0.2, 0.25) is 0 Å². The van der Waals surface area contributed by atoms with Crippen molar-refractivity contribution in [2.45, 2.75) is 38.2 Å². The molecule has 2 aliphatic rings. The van der Waals surface area contributed by atoms with Crippen LogP contribution in [-0.4, -0.2) is 50.2 Å². The Labute approximate surface area is 104 Å². The molecule has 2 fully saturated rings. The van der Waals surface area contributed by atoms with Gasteiger partial charge in [0.05, 0.1) is 6.10 Å². The molecule has 0 spiro atoms. The molecule has 2 saturated heterocycles. The Balaban J connectivity index is 1.70. The first-order chi connectivity index (χ1) is 8.25. The molecule has 98 valence electrons. The van der Waals surface area contributed by atoms with E-state index in [2.05, 4.69) is 5.32 Å². The van der Waals surface area contributed by atoms with E-state index in [0.29, 0.717) is 12.3 Å². The lowest BCUT2D eigenvalue weighted by molar-refractivity contribution is -0.133. The number of hydrogen-bond donors (Lipinski definition) is 1. The van der Waals surface area contributed by atoms with Crippen LogP contribution in [-0.2, 0) is 9.53 Å². The Bertz CT molecular complexity index is 246. The number of carbonyl (C=O) groups excluding carboxylic acids is 1. The predicted octanol–water partition coefficient (Wildman–Crippen LogP) is 1.01. The van der Waals surface area contributed by atoms with Crippen molar-refractivity contribution in [2.24, 2.45) is 5.92 Å². The highest BCUT2D eigenvalue weighted by Crippen LogP contribution is 2.16. The van der Waals surface area contributed by atoms with Gasteiger partial charge in [0.2, 0.25) is 5.91 Å². The molecule has 2 heterocycles. The number of ether oxygens (including phenoxy) is 1. The Morgan fingerprint density at radius 1 is 1.41 bits per heavy atom. The van der Waals surface area contributed by atoms with E-state index < -0.39 is 0 Å². The van der Waals surface area contributed by atoms with E-state index in [9.17, 15) is 4.79 Å². The van der Waals surface area contributed by atoms with Crippen LogP contribution in [0.25, 0.3) is 0 Å². The summed E-state index contributed by atoms with van der Waals surface area (Å²) >= 11 is 0. The average Bonchev–Trinajstić information content (AvgIpc) is 2.83. The molecule has 2 aliphatic heterocycles. The first kappa shape index (κ1) is 12.8. The summed E-state index contributed by atoms with van der Waals surface area (Å²) in [6.07, 6.45) is 5.60. The van der Waals surface area contributed by atoms with Crippen molar-refractivity contribution >= 4 is 5.91 Å². The van der Waals surface area contributed by atoms with E-state index in [1.165, 1.54) is 12.8 Å². The van der Waals surface area contributed by atoms with E-state index in [4.69, 9.17) is 4.74 Å². The molecule has 0 bridgehead atoms. The van der Waals surface area contributed by atoms with Gasteiger partial charge in [0, 0.05) is 26.6 Å². The van der Waals surface area contributed by atoms with Crippen molar-refractivity contribution in [3.05, 3.63) is 0 Å². The molecule has 17 heavy (non-hydrogen) atoms. The van der Waals surface area contributed by atoms with Crippen molar-refractivity contribution in [1.82, 2.24) is 10.2 Å². The van der Waals surface area contributed by atoms with Crippen LogP contribution in [0, 0.1) is 5.92 Å². The number of amides is 1. The highest BCUT2D eigenvalue weighted by atomic mass is 16.5. The van der Waals surface area contributed by atoms with Crippen LogP contribution >= 0.6 is 0 Å². The predicted molar refractivity (Wildman–Crippen MR) is 66.8 cm³/mol. The summed E-state index contributed by atoms with van der Waals surface area (Å²) in [5.74, 6) is 0.810. The number of rotatable bonds is 4. The fraction of sp³-hybridized carbons (Fsp3) is 0.923. The maximum Gasteiger partial charge on any atom is 0.222 e. The normalized spacial score (nSPS) is 29.2. The lowest BCUT2D eigenvalue weighted by Crippen LogP contribution is -2.37. The van der Waals surface area contributed by atoms with Crippen molar-refractivity contribution in [3.63, 3.8) is 0 Å². The zero-order valence-corrected chi connectivity index (χ0v) is 10.8. The monoisotopic (exact) mass is 240 g/mol. The summed E-state index contributed by atoms with van der Waals surface area (Å²) in [5, 5.41) is 3.30. The van der Waals surface area contributed by atoms with Gasteiger partial charge in [-0.3, -0.25) is 4.79 Å². The summed E-state index contributed by atoms with van der Waals surface area (Å²) in [6, 6.07) is 0. The molecule has 0 aromatic rings. The van der Waals surface area contributed by atoms with Crippen LogP contribution in [0.1, 0.15) is 32.1 Å². The van der Waals surface area contributed by atoms with E-state index in [0.717, 1.165) is 39.1 Å². The lowest BCUT2D eigenvalue weighted by atomic mass is 10.0. The minimum atomic E-state index is 0.263. The standard InChI is InChI=1S/C13H24N2O2/c1-15(10-12-4-2-3-7-17-12)13(16)8-11-5-6-14-9-11/h11-12,14H,2-10H2,1H3. The van der Waals surface area contributed by atoms with Gasteiger partial charge < -0.3 is 15.0 Å². The third-order valence-electron chi connectivity index (χ3n) is 3.80. The number of likely N-dealkylation sites (N-methyl/N-ethyl adjacent to an activating group) is 1. The largest absolute Gasteiger partial charge is 0.376 e. The van der Waals surface area contributed by atoms with Gasteiger partial charge in [0.15, 0.2) is 0 Å². The highest BCUT2D eigenvalue weighted by Gasteiger charge is 2.22. The van der Waals surface area contributed by atoms with Crippen molar-refractivity contribution < 1.29 is 9.53 Å². The molecule has 4 heteroatoms. The average molecular weight is 240 g/mol. The third-order valence-corrected chi connectivity index (χ3v) is 3.80. The fourth-order valence-corrected chi connectivity index (χ4v) is 2.65. The zero-order chi connectivity index (χ0) is 12.1. The van der Waals surface area contributed by atoms with Gasteiger partial charge in [0.1, 0.15) is 0 Å². The van der Waals surface area contributed by atoms with Crippen molar-refractivity contribution in [3.8, 4) is 0 Å². The van der Waals surface area contributed by atoms with E-state index >= 15 is 0 Å². The molecule has 0 aromatic heterocycles. The summed E-state index contributed by atoms with van der Waals surface area (Å²) in [5.41, 5.74) is 0. The molecular weight excluding hydrogens is 216 g/mol. The topological polar surface area (TPSA) is 41.6 Å². The van der Waals surface area contributed by atoms with Crippen LogP contribution < -0.4 is 5.32 Å². The second kappa shape index (κ2) is 6.36. The molecular formula is C13H24N2O2. The number of nitrogens with one attached hydrogen (secondary N) is 1. The van der Waals surface area contributed by atoms with E-state index in [1.807, 2.05) is 11.9 Å². The first-order valence-corrected chi connectivity index (χ1v) is 6.82. The Morgan fingerprint density at radius 2 is 2.29 bits per heavy atom. The van der Waals surface area contributed by atoms with Crippen LogP contribution in [0.15, 0.2) is 0 Å². The summed E-state index contributed by atoms with van der Waals surface area (Å²) in [4.78, 5) is 13.9. The number of hydrogen-bond acceptors (Lipinski definition) is 3. The number of nitrogens with zero attached hydrogens (tertiary/aromatic N) is 1. The summed E-state index contributed by atoms with van der Waals surface area (Å²) < 4.78 is 5.66. The molecule has 2 rings (SSSR count). The maximum absolute atomic E-state index is 12.0. The smallest absolute Gasteiger partial charge is 0.222 e.